The highest BCUT2D eigenvalue weighted by Crippen LogP contribution is 2.45. The Morgan fingerprint density at radius 1 is 1.00 bits per heavy atom. The second kappa shape index (κ2) is 7.85. The molecule has 0 aromatic heterocycles. The fourth-order valence-corrected chi connectivity index (χ4v) is 5.28. The number of nitrogens with one attached hydrogen (secondary N) is 1. The number of benzene rings is 2. The number of anilines is 1. The number of thioether (sulfide) groups is 2. The van der Waals surface area contributed by atoms with Crippen molar-refractivity contribution in [3.8, 4) is 11.5 Å². The summed E-state index contributed by atoms with van der Waals surface area (Å²) in [5.41, 5.74) is 2.54. The van der Waals surface area contributed by atoms with E-state index in [-0.39, 0.29) is 5.91 Å². The Kier molecular flexibility index (Phi) is 5.58. The lowest BCUT2D eigenvalue weighted by Gasteiger charge is -2.11. The van der Waals surface area contributed by atoms with E-state index >= 15 is 0 Å². The van der Waals surface area contributed by atoms with Gasteiger partial charge in [-0.1, -0.05) is 12.1 Å². The van der Waals surface area contributed by atoms with Crippen LogP contribution in [0, 0.1) is 0 Å². The molecule has 1 amide bonds. The maximum Gasteiger partial charge on any atom is 0.255 e. The van der Waals surface area contributed by atoms with Gasteiger partial charge in [-0.2, -0.15) is 0 Å². The summed E-state index contributed by atoms with van der Waals surface area (Å²) in [6, 6.07) is 13.1. The second-order valence-electron chi connectivity index (χ2n) is 5.25. The van der Waals surface area contributed by atoms with Crippen LogP contribution in [-0.2, 0) is 0 Å². The summed E-state index contributed by atoms with van der Waals surface area (Å²) in [7, 11) is 3.16. The Bertz CT molecular complexity index is 690. The van der Waals surface area contributed by atoms with E-state index in [4.69, 9.17) is 9.47 Å². The fourth-order valence-electron chi connectivity index (χ4n) is 2.43. The summed E-state index contributed by atoms with van der Waals surface area (Å²) in [6.45, 7) is 0. The maximum absolute atomic E-state index is 12.4. The summed E-state index contributed by atoms with van der Waals surface area (Å²) in [4.78, 5) is 12.4. The summed E-state index contributed by atoms with van der Waals surface area (Å²) in [5.74, 6) is 3.50. The highest BCUT2D eigenvalue weighted by atomic mass is 32.2. The van der Waals surface area contributed by atoms with Gasteiger partial charge >= 0.3 is 0 Å². The largest absolute Gasteiger partial charge is 0.497 e. The first-order valence-electron chi connectivity index (χ1n) is 7.57. The molecule has 0 aliphatic carbocycles. The van der Waals surface area contributed by atoms with Gasteiger partial charge in [-0.3, -0.25) is 4.79 Å². The van der Waals surface area contributed by atoms with E-state index in [9.17, 15) is 4.79 Å². The van der Waals surface area contributed by atoms with Gasteiger partial charge in [0.2, 0.25) is 0 Å². The molecule has 6 heteroatoms. The first-order valence-corrected chi connectivity index (χ1v) is 9.67. The molecule has 126 valence electrons. The van der Waals surface area contributed by atoms with Crippen LogP contribution in [0.25, 0.3) is 0 Å². The van der Waals surface area contributed by atoms with Crippen LogP contribution >= 0.6 is 23.5 Å². The van der Waals surface area contributed by atoms with Crippen LogP contribution in [0.1, 0.15) is 20.5 Å². The third-order valence-electron chi connectivity index (χ3n) is 3.68. The van der Waals surface area contributed by atoms with E-state index in [0.29, 0.717) is 27.3 Å². The minimum atomic E-state index is -0.149. The van der Waals surface area contributed by atoms with Crippen LogP contribution in [0.15, 0.2) is 42.5 Å². The molecule has 3 rings (SSSR count). The van der Waals surface area contributed by atoms with Gasteiger partial charge in [-0.15, -0.1) is 23.5 Å². The highest BCUT2D eigenvalue weighted by molar-refractivity contribution is 8.19. The van der Waals surface area contributed by atoms with Gasteiger partial charge in [0.05, 0.1) is 18.8 Å². The summed E-state index contributed by atoms with van der Waals surface area (Å²) in [6.07, 6.45) is 0. The molecular weight excluding hydrogens is 342 g/mol. The molecule has 2 aromatic carbocycles. The predicted octanol–water partition coefficient (Wildman–Crippen LogP) is 4.43. The van der Waals surface area contributed by atoms with E-state index in [0.717, 1.165) is 0 Å². The summed E-state index contributed by atoms with van der Waals surface area (Å²) < 4.78 is 10.9. The number of methoxy groups -OCH3 is 2. The molecular formula is C18H19NO3S2. The maximum atomic E-state index is 12.4. The average Bonchev–Trinajstić information content (AvgIpc) is 3.16. The topological polar surface area (TPSA) is 47.6 Å². The van der Waals surface area contributed by atoms with Crippen LogP contribution in [-0.4, -0.2) is 31.6 Å². The van der Waals surface area contributed by atoms with Crippen molar-refractivity contribution in [1.29, 1.82) is 0 Å². The summed E-state index contributed by atoms with van der Waals surface area (Å²) in [5, 5.41) is 2.89. The molecule has 0 atom stereocenters. The van der Waals surface area contributed by atoms with Crippen LogP contribution in [0.4, 0.5) is 5.69 Å². The average molecular weight is 361 g/mol. The lowest BCUT2D eigenvalue weighted by atomic mass is 10.1. The number of ether oxygens (including phenoxy) is 2. The van der Waals surface area contributed by atoms with Crippen molar-refractivity contribution in [3.63, 3.8) is 0 Å². The van der Waals surface area contributed by atoms with E-state index in [1.54, 1.807) is 32.4 Å². The zero-order chi connectivity index (χ0) is 16.9. The molecule has 0 saturated carbocycles. The molecule has 4 nitrogen and oxygen atoms in total. The molecule has 24 heavy (non-hydrogen) atoms. The number of carbonyl (C=O) groups excluding carboxylic acids is 1. The van der Waals surface area contributed by atoms with E-state index in [1.807, 2.05) is 47.8 Å². The van der Waals surface area contributed by atoms with Crippen molar-refractivity contribution in [2.45, 2.75) is 4.58 Å². The highest BCUT2D eigenvalue weighted by Gasteiger charge is 2.18. The fraction of sp³-hybridized carbons (Fsp3) is 0.278. The molecule has 1 saturated heterocycles. The third kappa shape index (κ3) is 3.99. The van der Waals surface area contributed by atoms with Crippen molar-refractivity contribution < 1.29 is 14.3 Å². The molecule has 0 radical (unpaired) electrons. The lowest BCUT2D eigenvalue weighted by molar-refractivity contribution is 0.102. The van der Waals surface area contributed by atoms with Gasteiger partial charge in [-0.05, 0) is 17.7 Å². The Morgan fingerprint density at radius 3 is 2.12 bits per heavy atom. The van der Waals surface area contributed by atoms with Gasteiger partial charge in [-0.25, -0.2) is 0 Å². The van der Waals surface area contributed by atoms with Crippen LogP contribution in [0.3, 0.4) is 0 Å². The summed E-state index contributed by atoms with van der Waals surface area (Å²) >= 11 is 3.91. The molecule has 0 spiro atoms. The Labute approximate surface area is 150 Å². The monoisotopic (exact) mass is 361 g/mol. The third-order valence-corrected chi connectivity index (χ3v) is 6.78. The van der Waals surface area contributed by atoms with E-state index in [1.165, 1.54) is 17.1 Å². The van der Waals surface area contributed by atoms with Crippen LogP contribution < -0.4 is 14.8 Å². The van der Waals surface area contributed by atoms with Crippen molar-refractivity contribution in [2.24, 2.45) is 0 Å². The van der Waals surface area contributed by atoms with Crippen LogP contribution in [0.2, 0.25) is 0 Å². The molecule has 0 bridgehead atoms. The van der Waals surface area contributed by atoms with Gasteiger partial charge < -0.3 is 14.8 Å². The van der Waals surface area contributed by atoms with Gasteiger partial charge in [0.25, 0.3) is 5.91 Å². The van der Waals surface area contributed by atoms with Gasteiger partial charge in [0.1, 0.15) is 11.5 Å². The van der Waals surface area contributed by atoms with Crippen molar-refractivity contribution in [1.82, 2.24) is 0 Å². The van der Waals surface area contributed by atoms with Crippen molar-refractivity contribution >= 4 is 35.1 Å². The molecule has 0 unspecified atom stereocenters. The lowest BCUT2D eigenvalue weighted by Crippen LogP contribution is -2.12. The quantitative estimate of drug-likeness (QED) is 0.853. The predicted molar refractivity (Wildman–Crippen MR) is 102 cm³/mol. The SMILES string of the molecule is COc1cc(NC(=O)c2ccc(C3SCCS3)cc2)cc(OC)c1. The Hall–Kier alpha value is -1.79. The molecule has 1 N–H and O–H groups in total. The smallest absolute Gasteiger partial charge is 0.255 e. The second-order valence-corrected chi connectivity index (χ2v) is 7.98. The normalized spacial score (nSPS) is 14.4. The zero-order valence-corrected chi connectivity index (χ0v) is 15.2. The Morgan fingerprint density at radius 2 is 1.58 bits per heavy atom. The number of amides is 1. The first-order chi connectivity index (χ1) is 11.7. The minimum absolute atomic E-state index is 0.149. The number of rotatable bonds is 5. The molecule has 1 heterocycles. The first kappa shape index (κ1) is 17.0. The minimum Gasteiger partial charge on any atom is -0.497 e. The van der Waals surface area contributed by atoms with E-state index in [2.05, 4.69) is 5.32 Å². The number of hydrogen-bond acceptors (Lipinski definition) is 5. The molecule has 1 aliphatic rings. The zero-order valence-electron chi connectivity index (χ0n) is 13.6. The number of carbonyl (C=O) groups is 1. The van der Waals surface area contributed by atoms with Gasteiger partial charge in [0.15, 0.2) is 0 Å². The van der Waals surface area contributed by atoms with Crippen molar-refractivity contribution in [3.05, 3.63) is 53.6 Å². The van der Waals surface area contributed by atoms with Crippen molar-refractivity contribution in [2.75, 3.05) is 31.0 Å². The standard InChI is InChI=1S/C18H19NO3S2/c1-21-15-9-14(10-16(11-15)22-2)19-17(20)12-3-5-13(6-4-12)18-23-7-8-24-18/h3-6,9-11,18H,7-8H2,1-2H3,(H,19,20). The molecule has 1 aliphatic heterocycles. The molecule has 1 fully saturated rings. The Balaban J connectivity index is 1.72. The number of hydrogen-bond donors (Lipinski definition) is 1. The van der Waals surface area contributed by atoms with E-state index < -0.39 is 0 Å². The molecule has 2 aromatic rings. The van der Waals surface area contributed by atoms with Gasteiger partial charge in [0, 0.05) is 41.0 Å². The van der Waals surface area contributed by atoms with Crippen LogP contribution in [0.5, 0.6) is 11.5 Å².